The predicted molar refractivity (Wildman–Crippen MR) is 96.9 cm³/mol. The fourth-order valence-electron chi connectivity index (χ4n) is 1.93. The third-order valence-corrected chi connectivity index (χ3v) is 4.69. The second kappa shape index (κ2) is 12.2. The van der Waals surface area contributed by atoms with E-state index < -0.39 is 18.0 Å². The van der Waals surface area contributed by atoms with Crippen molar-refractivity contribution >= 4 is 35.0 Å². The Labute approximate surface area is 148 Å². The summed E-state index contributed by atoms with van der Waals surface area (Å²) in [5.74, 6) is 0.699. The number of hydrogen-bond donors (Lipinski definition) is 2. The molecule has 24 heavy (non-hydrogen) atoms. The summed E-state index contributed by atoms with van der Waals surface area (Å²) < 4.78 is 0. The van der Waals surface area contributed by atoms with Crippen molar-refractivity contribution in [1.29, 1.82) is 0 Å². The first-order valence-electron chi connectivity index (χ1n) is 8.33. The third kappa shape index (κ3) is 10.5. The summed E-state index contributed by atoms with van der Waals surface area (Å²) >= 11 is 1.63. The van der Waals surface area contributed by atoms with Gasteiger partial charge in [0.25, 0.3) is 0 Å². The molecule has 0 aromatic rings. The molecule has 0 aliphatic rings. The summed E-state index contributed by atoms with van der Waals surface area (Å²) in [5.41, 5.74) is 5.48. The number of amides is 1. The van der Waals surface area contributed by atoms with Gasteiger partial charge in [-0.3, -0.25) is 14.4 Å². The van der Waals surface area contributed by atoms with Crippen molar-refractivity contribution in [2.24, 2.45) is 11.7 Å². The minimum atomic E-state index is -0.584. The fraction of sp³-hybridized carbons (Fsp3) is 0.765. The highest BCUT2D eigenvalue weighted by Crippen LogP contribution is 2.09. The van der Waals surface area contributed by atoms with Gasteiger partial charge in [0.05, 0.1) is 12.1 Å². The zero-order valence-electron chi connectivity index (χ0n) is 15.1. The Morgan fingerprint density at radius 2 is 1.62 bits per heavy atom. The number of Topliss-reactive ketones (excluding diaryl/α,β-unsaturated/α-hetero) is 3. The Morgan fingerprint density at radius 1 is 1.00 bits per heavy atom. The number of hydrogen-bond acceptors (Lipinski definition) is 6. The summed E-state index contributed by atoms with van der Waals surface area (Å²) in [6.07, 6.45) is 1.85. The zero-order chi connectivity index (χ0) is 18.7. The molecule has 0 saturated carbocycles. The van der Waals surface area contributed by atoms with Gasteiger partial charge >= 0.3 is 0 Å². The molecule has 7 heteroatoms. The molecule has 138 valence electrons. The van der Waals surface area contributed by atoms with Crippen LogP contribution in [0.2, 0.25) is 0 Å². The molecular weight excluding hydrogens is 328 g/mol. The molecule has 0 aromatic carbocycles. The lowest BCUT2D eigenvalue weighted by Crippen LogP contribution is -2.42. The summed E-state index contributed by atoms with van der Waals surface area (Å²) in [6, 6.07) is -1.15. The molecule has 0 radical (unpaired) electrons. The maximum Gasteiger partial charge on any atom is 0.223 e. The monoisotopic (exact) mass is 358 g/mol. The van der Waals surface area contributed by atoms with Crippen LogP contribution in [0.3, 0.4) is 0 Å². The van der Waals surface area contributed by atoms with E-state index in [2.05, 4.69) is 5.32 Å². The smallest absolute Gasteiger partial charge is 0.223 e. The van der Waals surface area contributed by atoms with Crippen LogP contribution in [0.4, 0.5) is 0 Å². The van der Waals surface area contributed by atoms with Crippen molar-refractivity contribution in [3.05, 3.63) is 0 Å². The maximum atomic E-state index is 12.0. The lowest BCUT2D eigenvalue weighted by molar-refractivity contribution is -0.131. The molecule has 6 nitrogen and oxygen atoms in total. The molecule has 0 saturated heterocycles. The van der Waals surface area contributed by atoms with Crippen LogP contribution in [0.5, 0.6) is 0 Å². The van der Waals surface area contributed by atoms with Gasteiger partial charge in [0.2, 0.25) is 5.91 Å². The van der Waals surface area contributed by atoms with Gasteiger partial charge in [0.1, 0.15) is 11.6 Å². The van der Waals surface area contributed by atoms with Crippen LogP contribution < -0.4 is 11.1 Å². The maximum absolute atomic E-state index is 12.0. The van der Waals surface area contributed by atoms with E-state index in [1.54, 1.807) is 39.5 Å². The van der Waals surface area contributed by atoms with Crippen LogP contribution >= 0.6 is 11.8 Å². The summed E-state index contributed by atoms with van der Waals surface area (Å²) in [4.78, 5) is 46.4. The van der Waals surface area contributed by atoms with Gasteiger partial charge in [0.15, 0.2) is 5.78 Å². The number of nitrogens with one attached hydrogen (secondary N) is 1. The molecule has 0 aliphatic heterocycles. The number of carbonyl (C=O) groups is 4. The number of ketones is 3. The summed E-state index contributed by atoms with van der Waals surface area (Å²) in [7, 11) is 0. The van der Waals surface area contributed by atoms with E-state index in [0.717, 1.165) is 12.2 Å². The topological polar surface area (TPSA) is 106 Å². The molecule has 0 rings (SSSR count). The van der Waals surface area contributed by atoms with E-state index in [1.165, 1.54) is 0 Å². The highest BCUT2D eigenvalue weighted by Gasteiger charge is 2.22. The van der Waals surface area contributed by atoms with Gasteiger partial charge in [-0.15, -0.1) is 0 Å². The molecule has 0 aliphatic carbocycles. The Morgan fingerprint density at radius 3 is 2.17 bits per heavy atom. The Bertz CT molecular complexity index is 452. The van der Waals surface area contributed by atoms with Crippen LogP contribution in [0, 0.1) is 5.92 Å². The summed E-state index contributed by atoms with van der Waals surface area (Å²) in [6.45, 7) is 6.47. The van der Waals surface area contributed by atoms with Gasteiger partial charge in [-0.25, -0.2) is 0 Å². The average Bonchev–Trinajstić information content (AvgIpc) is 2.49. The second-order valence-corrected chi connectivity index (χ2v) is 7.45. The normalized spacial score (nSPS) is 14.5. The first-order chi connectivity index (χ1) is 11.1. The molecule has 1 amide bonds. The summed E-state index contributed by atoms with van der Waals surface area (Å²) in [5, 5.41) is 2.66. The lowest BCUT2D eigenvalue weighted by atomic mass is 10.00. The first kappa shape index (κ1) is 22.8. The molecule has 0 aromatic heterocycles. The zero-order valence-corrected chi connectivity index (χ0v) is 15.9. The van der Waals surface area contributed by atoms with E-state index in [1.807, 2.05) is 0 Å². The van der Waals surface area contributed by atoms with Crippen LogP contribution in [0.15, 0.2) is 0 Å². The SMILES string of the molecule is CC(=O)CCCSCCC(=O)C(C)NC(=O)C(C)CC(=O)C(C)N. The van der Waals surface area contributed by atoms with Crippen molar-refractivity contribution in [2.75, 3.05) is 11.5 Å². The Kier molecular flexibility index (Phi) is 11.6. The largest absolute Gasteiger partial charge is 0.346 e. The van der Waals surface area contributed by atoms with E-state index >= 15 is 0 Å². The number of nitrogens with two attached hydrogens (primary N) is 1. The van der Waals surface area contributed by atoms with Crippen LogP contribution in [-0.4, -0.2) is 46.8 Å². The molecule has 0 bridgehead atoms. The average molecular weight is 359 g/mol. The van der Waals surface area contributed by atoms with Crippen LogP contribution in [0.25, 0.3) is 0 Å². The number of thioether (sulfide) groups is 1. The van der Waals surface area contributed by atoms with Crippen molar-refractivity contribution in [2.45, 2.75) is 65.5 Å². The van der Waals surface area contributed by atoms with Gasteiger partial charge in [-0.05, 0) is 32.9 Å². The van der Waals surface area contributed by atoms with E-state index in [-0.39, 0.29) is 29.7 Å². The third-order valence-electron chi connectivity index (χ3n) is 3.61. The quantitative estimate of drug-likeness (QED) is 0.483. The highest BCUT2D eigenvalue weighted by atomic mass is 32.2. The molecule has 3 N–H and O–H groups in total. The minimum Gasteiger partial charge on any atom is -0.346 e. The van der Waals surface area contributed by atoms with Crippen LogP contribution in [0.1, 0.15) is 53.4 Å². The molecule has 3 atom stereocenters. The Balaban J connectivity index is 4.01. The molecular formula is C17H30N2O4S. The molecule has 0 fully saturated rings. The number of rotatable bonds is 13. The van der Waals surface area contributed by atoms with E-state index in [0.29, 0.717) is 18.6 Å². The van der Waals surface area contributed by atoms with Gasteiger partial charge < -0.3 is 15.8 Å². The molecule has 3 unspecified atom stereocenters. The van der Waals surface area contributed by atoms with Crippen molar-refractivity contribution < 1.29 is 19.2 Å². The lowest BCUT2D eigenvalue weighted by Gasteiger charge is -2.17. The van der Waals surface area contributed by atoms with Crippen LogP contribution in [-0.2, 0) is 19.2 Å². The minimum absolute atomic E-state index is 0.0341. The highest BCUT2D eigenvalue weighted by molar-refractivity contribution is 7.99. The molecule has 0 heterocycles. The Hall–Kier alpha value is -1.21. The number of carbonyl (C=O) groups excluding carboxylic acids is 4. The standard InChI is InChI=1S/C17H30N2O4S/c1-11(10-16(22)13(3)18)17(23)19-14(4)15(21)7-9-24-8-5-6-12(2)20/h11,13-14H,5-10,18H2,1-4H3,(H,19,23). The first-order valence-corrected chi connectivity index (χ1v) is 9.49. The van der Waals surface area contributed by atoms with Crippen molar-refractivity contribution in [3.63, 3.8) is 0 Å². The van der Waals surface area contributed by atoms with E-state index in [4.69, 9.17) is 5.73 Å². The van der Waals surface area contributed by atoms with Crippen molar-refractivity contribution in [1.82, 2.24) is 5.32 Å². The second-order valence-electron chi connectivity index (χ2n) is 6.22. The van der Waals surface area contributed by atoms with Gasteiger partial charge in [-0.1, -0.05) is 6.92 Å². The van der Waals surface area contributed by atoms with Crippen molar-refractivity contribution in [3.8, 4) is 0 Å². The van der Waals surface area contributed by atoms with Gasteiger partial charge in [-0.2, -0.15) is 11.8 Å². The van der Waals surface area contributed by atoms with E-state index in [9.17, 15) is 19.2 Å². The predicted octanol–water partition coefficient (Wildman–Crippen LogP) is 1.50. The van der Waals surface area contributed by atoms with Gasteiger partial charge in [0, 0.05) is 30.9 Å². The molecule has 0 spiro atoms. The fourth-order valence-corrected chi connectivity index (χ4v) is 2.83.